The lowest BCUT2D eigenvalue weighted by Gasteiger charge is -2.13. The maximum Gasteiger partial charge on any atom is 0.333 e. The van der Waals surface area contributed by atoms with Gasteiger partial charge in [-0.15, -0.1) is 0 Å². The summed E-state index contributed by atoms with van der Waals surface area (Å²) in [7, 11) is -4.05. The molecule has 1 aliphatic carbocycles. The molecule has 4 N–H and O–H groups in total. The van der Waals surface area contributed by atoms with Crippen LogP contribution in [-0.2, 0) is 14.5 Å². The predicted molar refractivity (Wildman–Crippen MR) is 99.3 cm³/mol. The fourth-order valence-electron chi connectivity index (χ4n) is 3.30. The average Bonchev–Trinajstić information content (AvgIpc) is 3.24. The Morgan fingerprint density at radius 3 is 2.75 bits per heavy atom. The molecule has 0 aliphatic heterocycles. The summed E-state index contributed by atoms with van der Waals surface area (Å²) in [5, 5.41) is 15.0. The number of rotatable bonds is 6. The van der Waals surface area contributed by atoms with Crippen molar-refractivity contribution in [1.82, 2.24) is 19.9 Å². The quantitative estimate of drug-likeness (QED) is 0.543. The lowest BCUT2D eigenvalue weighted by atomic mass is 10.1. The summed E-state index contributed by atoms with van der Waals surface area (Å²) in [6.07, 6.45) is 0.975. The van der Waals surface area contributed by atoms with Crippen molar-refractivity contribution >= 4 is 21.5 Å². The van der Waals surface area contributed by atoms with Crippen molar-refractivity contribution in [3.05, 3.63) is 36.7 Å². The monoisotopic (exact) mass is 405 g/mol. The van der Waals surface area contributed by atoms with Gasteiger partial charge >= 0.3 is 10.3 Å². The molecule has 0 saturated heterocycles. The van der Waals surface area contributed by atoms with Gasteiger partial charge in [0.1, 0.15) is 23.8 Å². The zero-order valence-electron chi connectivity index (χ0n) is 14.7. The van der Waals surface area contributed by atoms with E-state index in [4.69, 9.17) is 9.88 Å². The van der Waals surface area contributed by atoms with Gasteiger partial charge in [0.2, 0.25) is 5.88 Å². The first-order valence-electron chi connectivity index (χ1n) is 8.67. The molecule has 28 heavy (non-hydrogen) atoms. The average molecular weight is 405 g/mol. The minimum atomic E-state index is -4.05. The first-order chi connectivity index (χ1) is 13.4. The summed E-state index contributed by atoms with van der Waals surface area (Å²) in [5.41, 5.74) is 1.93. The van der Waals surface area contributed by atoms with Gasteiger partial charge in [-0.2, -0.15) is 13.4 Å². The number of hydrogen-bond acceptors (Lipinski definition) is 8. The molecule has 0 bridgehead atoms. The Morgan fingerprint density at radius 1 is 1.21 bits per heavy atom. The molecule has 10 nitrogen and oxygen atoms in total. The van der Waals surface area contributed by atoms with Crippen LogP contribution in [0.4, 0.5) is 0 Å². The Bertz CT molecular complexity index is 1070. The predicted octanol–water partition coefficient (Wildman–Crippen LogP) is 0.758. The highest BCUT2D eigenvalue weighted by atomic mass is 32.2. The highest BCUT2D eigenvalue weighted by Crippen LogP contribution is 2.32. The second kappa shape index (κ2) is 7.43. The first-order valence-corrected chi connectivity index (χ1v) is 10.1. The largest absolute Gasteiger partial charge is 0.473 e. The fourth-order valence-corrected chi connectivity index (χ4v) is 3.66. The van der Waals surface area contributed by atoms with Gasteiger partial charge in [0, 0.05) is 17.9 Å². The van der Waals surface area contributed by atoms with Gasteiger partial charge in [0.15, 0.2) is 5.65 Å². The second-order valence-corrected chi connectivity index (χ2v) is 7.87. The number of nitrogens with two attached hydrogens (primary N) is 1. The van der Waals surface area contributed by atoms with Gasteiger partial charge in [0.25, 0.3) is 0 Å². The number of imidazole rings is 1. The van der Waals surface area contributed by atoms with Crippen LogP contribution in [-0.4, -0.2) is 52.3 Å². The van der Waals surface area contributed by atoms with Crippen LogP contribution in [0.3, 0.4) is 0 Å². The third-order valence-electron chi connectivity index (χ3n) is 4.64. The summed E-state index contributed by atoms with van der Waals surface area (Å²) >= 11 is 0. The van der Waals surface area contributed by atoms with Crippen molar-refractivity contribution in [2.45, 2.75) is 25.0 Å². The number of ether oxygens (including phenoxy) is 1. The number of H-pyrrole nitrogens is 1. The molecule has 11 heteroatoms. The summed E-state index contributed by atoms with van der Waals surface area (Å²) in [5.74, 6) is 0.569. The summed E-state index contributed by atoms with van der Waals surface area (Å²) in [6, 6.07) is 9.59. The Kier molecular flexibility index (Phi) is 4.98. The molecule has 4 rings (SSSR count). The van der Waals surface area contributed by atoms with E-state index in [1.807, 2.05) is 30.3 Å². The fraction of sp³-hybridized carbons (Fsp3) is 0.353. The number of fused-ring (bicyclic) bond motifs is 1. The van der Waals surface area contributed by atoms with Gasteiger partial charge in [0.05, 0.1) is 12.7 Å². The molecule has 0 unspecified atom stereocenters. The Morgan fingerprint density at radius 2 is 2.00 bits per heavy atom. The standard InChI is InChI=1S/C17H19N5O5S/c18-28(24,25)26-8-11-6-12(7-13(11)23)27-17-14-16(19-9-20-17)22-15(21-14)10-4-2-1-3-5-10/h1-5,9,11-13,23H,6-8H2,(H2,18,24,25)(H,19,20,21,22)/t11-,12+,13-/m0/s1. The van der Waals surface area contributed by atoms with Crippen LogP contribution in [0.1, 0.15) is 12.8 Å². The highest BCUT2D eigenvalue weighted by molar-refractivity contribution is 7.84. The third kappa shape index (κ3) is 4.12. The van der Waals surface area contributed by atoms with Crippen LogP contribution in [0.25, 0.3) is 22.6 Å². The van der Waals surface area contributed by atoms with Crippen molar-refractivity contribution in [3.8, 4) is 17.3 Å². The van der Waals surface area contributed by atoms with Crippen LogP contribution in [0, 0.1) is 5.92 Å². The third-order valence-corrected chi connectivity index (χ3v) is 5.10. The van der Waals surface area contributed by atoms with Gasteiger partial charge in [-0.1, -0.05) is 30.3 Å². The van der Waals surface area contributed by atoms with Crippen molar-refractivity contribution < 1.29 is 22.4 Å². The number of aromatic amines is 1. The summed E-state index contributed by atoms with van der Waals surface area (Å²) < 4.78 is 32.4. The van der Waals surface area contributed by atoms with Gasteiger partial charge < -0.3 is 14.8 Å². The van der Waals surface area contributed by atoms with E-state index in [-0.39, 0.29) is 12.7 Å². The molecule has 1 aliphatic rings. The van der Waals surface area contributed by atoms with Crippen LogP contribution >= 0.6 is 0 Å². The van der Waals surface area contributed by atoms with E-state index in [0.29, 0.717) is 35.7 Å². The molecule has 1 saturated carbocycles. The number of aromatic nitrogens is 4. The minimum Gasteiger partial charge on any atom is -0.473 e. The number of nitrogens with one attached hydrogen (secondary N) is 1. The molecule has 3 aromatic rings. The SMILES string of the molecule is NS(=O)(=O)OC[C@@H]1C[C@@H](Oc2ncnc3nc(-c4ccccc4)[nH]c23)C[C@@H]1O. The van der Waals surface area contributed by atoms with Gasteiger partial charge in [-0.25, -0.2) is 15.1 Å². The minimum absolute atomic E-state index is 0.193. The normalized spacial score (nSPS) is 22.6. The molecule has 2 heterocycles. The smallest absolute Gasteiger partial charge is 0.333 e. The number of aliphatic hydroxyl groups is 1. The zero-order chi connectivity index (χ0) is 19.7. The molecule has 1 fully saturated rings. The molecular weight excluding hydrogens is 386 g/mol. The molecule has 0 spiro atoms. The van der Waals surface area contributed by atoms with Gasteiger partial charge in [-0.3, -0.25) is 4.18 Å². The van der Waals surface area contributed by atoms with Crippen LogP contribution < -0.4 is 9.88 Å². The summed E-state index contributed by atoms with van der Waals surface area (Å²) in [4.78, 5) is 16.0. The topological polar surface area (TPSA) is 153 Å². The first kappa shape index (κ1) is 18.7. The van der Waals surface area contributed by atoms with E-state index in [1.165, 1.54) is 6.33 Å². The van der Waals surface area contributed by atoms with Crippen LogP contribution in [0.5, 0.6) is 5.88 Å². The van der Waals surface area contributed by atoms with Crippen molar-refractivity contribution in [3.63, 3.8) is 0 Å². The lowest BCUT2D eigenvalue weighted by molar-refractivity contribution is 0.0986. The van der Waals surface area contributed by atoms with E-state index >= 15 is 0 Å². The maximum atomic E-state index is 10.9. The number of hydrogen-bond donors (Lipinski definition) is 3. The highest BCUT2D eigenvalue weighted by Gasteiger charge is 2.36. The number of benzene rings is 1. The van der Waals surface area contributed by atoms with E-state index in [9.17, 15) is 13.5 Å². The van der Waals surface area contributed by atoms with Gasteiger partial charge in [-0.05, 0) is 6.42 Å². The Hall–Kier alpha value is -2.60. The zero-order valence-corrected chi connectivity index (χ0v) is 15.5. The van der Waals surface area contributed by atoms with E-state index in [2.05, 4.69) is 24.1 Å². The lowest BCUT2D eigenvalue weighted by Crippen LogP contribution is -2.24. The molecular formula is C17H19N5O5S. The number of nitrogens with zero attached hydrogens (tertiary/aromatic N) is 3. The molecule has 2 aromatic heterocycles. The van der Waals surface area contributed by atoms with E-state index < -0.39 is 22.3 Å². The molecule has 148 valence electrons. The summed E-state index contributed by atoms with van der Waals surface area (Å²) in [6.45, 7) is -0.193. The van der Waals surface area contributed by atoms with Crippen LogP contribution in [0.15, 0.2) is 36.7 Å². The second-order valence-electron chi connectivity index (χ2n) is 6.64. The van der Waals surface area contributed by atoms with Crippen molar-refractivity contribution in [1.29, 1.82) is 0 Å². The van der Waals surface area contributed by atoms with Crippen molar-refractivity contribution in [2.75, 3.05) is 6.61 Å². The number of aliphatic hydroxyl groups excluding tert-OH is 1. The Balaban J connectivity index is 1.51. The van der Waals surface area contributed by atoms with Crippen molar-refractivity contribution in [2.24, 2.45) is 11.1 Å². The molecule has 0 radical (unpaired) electrons. The maximum absolute atomic E-state index is 10.9. The molecule has 1 aromatic carbocycles. The molecule has 0 amide bonds. The van der Waals surface area contributed by atoms with E-state index in [1.54, 1.807) is 0 Å². The van der Waals surface area contributed by atoms with E-state index in [0.717, 1.165) is 5.56 Å². The molecule has 3 atom stereocenters. The Labute approximate surface area is 161 Å². The van der Waals surface area contributed by atoms with Crippen LogP contribution in [0.2, 0.25) is 0 Å².